The number of alkyl halides is 1. The molecule has 4 aromatic carbocycles. The molecule has 0 bridgehead atoms. The third-order valence-electron chi connectivity index (χ3n) is 7.64. The summed E-state index contributed by atoms with van der Waals surface area (Å²) in [6.45, 7) is 3.42. The molecule has 5 rings (SSSR count). The zero-order chi connectivity index (χ0) is 30.2. The van der Waals surface area contributed by atoms with Crippen LogP contribution < -0.4 is 4.74 Å². The van der Waals surface area contributed by atoms with Gasteiger partial charge < -0.3 is 18.9 Å². The van der Waals surface area contributed by atoms with Gasteiger partial charge in [-0.15, -0.1) is 0 Å². The van der Waals surface area contributed by atoms with Crippen molar-refractivity contribution in [1.29, 1.82) is 0 Å². The van der Waals surface area contributed by atoms with Crippen LogP contribution in [0.4, 0.5) is 4.39 Å². The molecule has 1 heterocycles. The largest absolute Gasteiger partial charge is 0.461 e. The molecule has 6 nitrogen and oxygen atoms in total. The van der Waals surface area contributed by atoms with Crippen molar-refractivity contribution in [2.45, 2.75) is 51.4 Å². The first-order valence-electron chi connectivity index (χ1n) is 14.5. The standard InChI is InChI=1S/C36H35FO6/c1-3-25-18-20-26(21-19-25)22-29-16-10-11-17-30(29)41-36-33(43-35(39)28-14-8-5-9-15-28)24(2)32(37)31(42-36)23-40-34(38)27-12-6-4-7-13-27/h4-21,24,31-33,36H,3,22-23H2,1-2H3. The summed E-state index contributed by atoms with van der Waals surface area (Å²) in [4.78, 5) is 25.6. The minimum atomic E-state index is -1.59. The Morgan fingerprint density at radius 2 is 1.35 bits per heavy atom. The summed E-state index contributed by atoms with van der Waals surface area (Å²) in [5.74, 6) is -1.49. The maximum absolute atomic E-state index is 15.8. The number of para-hydroxylation sites is 1. The molecule has 0 N–H and O–H groups in total. The van der Waals surface area contributed by atoms with Crippen molar-refractivity contribution < 1.29 is 32.9 Å². The first kappa shape index (κ1) is 30.0. The van der Waals surface area contributed by atoms with Gasteiger partial charge in [-0.1, -0.05) is 92.7 Å². The minimum absolute atomic E-state index is 0.329. The Labute approximate surface area is 251 Å². The second kappa shape index (κ2) is 14.1. The van der Waals surface area contributed by atoms with E-state index in [4.69, 9.17) is 18.9 Å². The lowest BCUT2D eigenvalue weighted by Crippen LogP contribution is -2.56. The summed E-state index contributed by atoms with van der Waals surface area (Å²) in [7, 11) is 0. The smallest absolute Gasteiger partial charge is 0.338 e. The fourth-order valence-electron chi connectivity index (χ4n) is 5.07. The van der Waals surface area contributed by atoms with Gasteiger partial charge in [0.15, 0.2) is 6.10 Å². The summed E-state index contributed by atoms with van der Waals surface area (Å²) >= 11 is 0. The highest BCUT2D eigenvalue weighted by molar-refractivity contribution is 5.89. The number of hydrogen-bond acceptors (Lipinski definition) is 6. The predicted octanol–water partition coefficient (Wildman–Crippen LogP) is 7.00. The molecule has 0 aliphatic carbocycles. The lowest BCUT2D eigenvalue weighted by atomic mass is 9.91. The Morgan fingerprint density at radius 3 is 2.00 bits per heavy atom. The highest BCUT2D eigenvalue weighted by Crippen LogP contribution is 2.34. The molecule has 222 valence electrons. The van der Waals surface area contributed by atoms with Crippen LogP contribution >= 0.6 is 0 Å². The summed E-state index contributed by atoms with van der Waals surface area (Å²) < 4.78 is 39.5. The van der Waals surface area contributed by atoms with Crippen LogP contribution in [0.5, 0.6) is 5.75 Å². The van der Waals surface area contributed by atoms with Crippen LogP contribution in [0.2, 0.25) is 0 Å². The van der Waals surface area contributed by atoms with Gasteiger partial charge in [0.2, 0.25) is 6.29 Å². The Balaban J connectivity index is 1.38. The molecule has 1 aliphatic rings. The van der Waals surface area contributed by atoms with Crippen LogP contribution in [-0.2, 0) is 27.1 Å². The summed E-state index contributed by atoms with van der Waals surface area (Å²) in [6, 6.07) is 32.9. The molecular formula is C36H35FO6. The number of ether oxygens (including phenoxy) is 4. The van der Waals surface area contributed by atoms with E-state index in [1.54, 1.807) is 67.6 Å². The lowest BCUT2D eigenvalue weighted by Gasteiger charge is -2.41. The average Bonchev–Trinajstić information content (AvgIpc) is 3.05. The number of hydrogen-bond donors (Lipinski definition) is 0. The number of aryl methyl sites for hydroxylation is 1. The zero-order valence-electron chi connectivity index (χ0n) is 24.2. The molecule has 5 atom stereocenters. The number of carbonyl (C=O) groups is 2. The minimum Gasteiger partial charge on any atom is -0.461 e. The van der Waals surface area contributed by atoms with E-state index < -0.39 is 42.5 Å². The summed E-state index contributed by atoms with van der Waals surface area (Å²) in [5, 5.41) is 0. The maximum atomic E-state index is 15.8. The molecule has 5 unspecified atom stereocenters. The highest BCUT2D eigenvalue weighted by Gasteiger charge is 2.48. The number of rotatable bonds is 10. The van der Waals surface area contributed by atoms with Crippen molar-refractivity contribution in [2.24, 2.45) is 5.92 Å². The van der Waals surface area contributed by atoms with Crippen LogP contribution in [0.25, 0.3) is 0 Å². The molecular weight excluding hydrogens is 547 g/mol. The first-order valence-corrected chi connectivity index (χ1v) is 14.5. The SMILES string of the molecule is CCc1ccc(Cc2ccccc2OC2OC(COC(=O)c3ccccc3)C(F)C(C)C2OC(=O)c2ccccc2)cc1. The molecule has 43 heavy (non-hydrogen) atoms. The first-order chi connectivity index (χ1) is 20.9. The normalized spacial score (nSPS) is 21.5. The summed E-state index contributed by atoms with van der Waals surface area (Å²) in [6.07, 6.45) is -3.39. The number of carbonyl (C=O) groups excluding carboxylic acids is 2. The second-order valence-corrected chi connectivity index (χ2v) is 10.6. The quantitative estimate of drug-likeness (QED) is 0.188. The van der Waals surface area contributed by atoms with Gasteiger partial charge in [-0.05, 0) is 53.4 Å². The van der Waals surface area contributed by atoms with E-state index in [0.717, 1.165) is 17.5 Å². The predicted molar refractivity (Wildman–Crippen MR) is 161 cm³/mol. The molecule has 0 radical (unpaired) electrons. The van der Waals surface area contributed by atoms with E-state index in [2.05, 4.69) is 31.2 Å². The monoisotopic (exact) mass is 582 g/mol. The third kappa shape index (κ3) is 7.48. The number of benzene rings is 4. The van der Waals surface area contributed by atoms with Crippen molar-refractivity contribution in [3.05, 3.63) is 137 Å². The summed E-state index contributed by atoms with van der Waals surface area (Å²) in [5.41, 5.74) is 3.93. The van der Waals surface area contributed by atoms with Crippen molar-refractivity contribution in [3.8, 4) is 5.75 Å². The Morgan fingerprint density at radius 1 is 0.767 bits per heavy atom. The van der Waals surface area contributed by atoms with E-state index >= 15 is 4.39 Å². The number of esters is 2. The van der Waals surface area contributed by atoms with Gasteiger partial charge in [0.1, 0.15) is 24.6 Å². The fourth-order valence-corrected chi connectivity index (χ4v) is 5.07. The van der Waals surface area contributed by atoms with Crippen LogP contribution in [0.3, 0.4) is 0 Å². The molecule has 0 saturated carbocycles. The van der Waals surface area contributed by atoms with Crippen molar-refractivity contribution >= 4 is 11.9 Å². The Kier molecular flexibility index (Phi) is 9.84. The topological polar surface area (TPSA) is 71.1 Å². The van der Waals surface area contributed by atoms with Gasteiger partial charge in [0.25, 0.3) is 0 Å². The second-order valence-electron chi connectivity index (χ2n) is 10.6. The zero-order valence-corrected chi connectivity index (χ0v) is 24.2. The lowest BCUT2D eigenvalue weighted by molar-refractivity contribution is -0.248. The van der Waals surface area contributed by atoms with Crippen molar-refractivity contribution in [1.82, 2.24) is 0 Å². The molecule has 0 amide bonds. The van der Waals surface area contributed by atoms with E-state index in [1.807, 2.05) is 24.3 Å². The van der Waals surface area contributed by atoms with Crippen LogP contribution in [0.15, 0.2) is 109 Å². The molecule has 1 saturated heterocycles. The Hall–Kier alpha value is -4.49. The third-order valence-corrected chi connectivity index (χ3v) is 7.64. The number of halogens is 1. The maximum Gasteiger partial charge on any atom is 0.338 e. The van der Waals surface area contributed by atoms with Gasteiger partial charge in [-0.3, -0.25) is 0 Å². The van der Waals surface area contributed by atoms with Gasteiger partial charge in [-0.25, -0.2) is 14.0 Å². The van der Waals surface area contributed by atoms with E-state index in [9.17, 15) is 9.59 Å². The van der Waals surface area contributed by atoms with Crippen LogP contribution in [0.1, 0.15) is 51.3 Å². The molecule has 0 aromatic heterocycles. The fraction of sp³-hybridized carbons (Fsp3) is 0.278. The molecule has 0 spiro atoms. The Bertz CT molecular complexity index is 1490. The van der Waals surface area contributed by atoms with E-state index in [1.165, 1.54) is 5.56 Å². The molecule has 4 aromatic rings. The van der Waals surface area contributed by atoms with E-state index in [0.29, 0.717) is 23.3 Å². The van der Waals surface area contributed by atoms with Crippen LogP contribution in [0, 0.1) is 5.92 Å². The molecule has 1 fully saturated rings. The molecule has 1 aliphatic heterocycles. The molecule has 7 heteroatoms. The average molecular weight is 583 g/mol. The van der Waals surface area contributed by atoms with Crippen molar-refractivity contribution in [3.63, 3.8) is 0 Å². The van der Waals surface area contributed by atoms with E-state index in [-0.39, 0.29) is 6.61 Å². The van der Waals surface area contributed by atoms with Gasteiger partial charge >= 0.3 is 11.9 Å². The van der Waals surface area contributed by atoms with Gasteiger partial charge in [-0.2, -0.15) is 0 Å². The highest BCUT2D eigenvalue weighted by atomic mass is 19.1. The van der Waals surface area contributed by atoms with Gasteiger partial charge in [0.05, 0.1) is 11.1 Å². The van der Waals surface area contributed by atoms with Crippen molar-refractivity contribution in [2.75, 3.05) is 6.61 Å². The van der Waals surface area contributed by atoms with Crippen LogP contribution in [-0.4, -0.2) is 43.2 Å². The van der Waals surface area contributed by atoms with Gasteiger partial charge in [0, 0.05) is 12.3 Å².